The summed E-state index contributed by atoms with van der Waals surface area (Å²) in [4.78, 5) is 22.8. The predicted molar refractivity (Wildman–Crippen MR) is 78.4 cm³/mol. The summed E-state index contributed by atoms with van der Waals surface area (Å²) < 4.78 is 2.05. The molecule has 20 heavy (non-hydrogen) atoms. The zero-order chi connectivity index (χ0) is 14.5. The summed E-state index contributed by atoms with van der Waals surface area (Å²) in [5.74, 6) is -0.459. The van der Waals surface area contributed by atoms with E-state index in [0.29, 0.717) is 18.5 Å². The van der Waals surface area contributed by atoms with Gasteiger partial charge in [0.15, 0.2) is 0 Å². The minimum Gasteiger partial charge on any atom is -0.370 e. The van der Waals surface area contributed by atoms with Crippen LogP contribution in [0.4, 0.5) is 0 Å². The molecule has 0 saturated heterocycles. The van der Waals surface area contributed by atoms with E-state index in [9.17, 15) is 9.59 Å². The number of rotatable bonds is 6. The second-order valence-electron chi connectivity index (χ2n) is 4.67. The number of amides is 2. The Morgan fingerprint density at radius 2 is 2.05 bits per heavy atom. The fraction of sp³-hybridized carbons (Fsp3) is 0.333. The van der Waals surface area contributed by atoms with E-state index in [0.717, 1.165) is 17.4 Å². The number of nitrogens with two attached hydrogens (primary N) is 1. The molecule has 3 N–H and O–H groups in total. The summed E-state index contributed by atoms with van der Waals surface area (Å²) in [6, 6.07) is 7.83. The van der Waals surface area contributed by atoms with Crippen LogP contribution in [-0.4, -0.2) is 22.9 Å². The number of carbonyl (C=O) groups is 2. The molecule has 0 aliphatic heterocycles. The van der Waals surface area contributed by atoms with Gasteiger partial charge >= 0.3 is 0 Å². The zero-order valence-corrected chi connectivity index (χ0v) is 11.6. The second kappa shape index (κ2) is 6.23. The lowest BCUT2D eigenvalue weighted by atomic mass is 10.1. The van der Waals surface area contributed by atoms with Crippen molar-refractivity contribution in [3.05, 3.63) is 36.0 Å². The molecule has 0 spiro atoms. The Kier molecular flexibility index (Phi) is 4.40. The lowest BCUT2D eigenvalue weighted by Gasteiger charge is -2.03. The van der Waals surface area contributed by atoms with Crippen molar-refractivity contribution in [2.45, 2.75) is 26.3 Å². The number of primary amides is 1. The fourth-order valence-electron chi connectivity index (χ4n) is 2.25. The van der Waals surface area contributed by atoms with Gasteiger partial charge in [0, 0.05) is 36.6 Å². The summed E-state index contributed by atoms with van der Waals surface area (Å²) >= 11 is 0. The van der Waals surface area contributed by atoms with Gasteiger partial charge in [0.25, 0.3) is 5.91 Å². The van der Waals surface area contributed by atoms with Crippen molar-refractivity contribution >= 4 is 22.7 Å². The molecular weight excluding hydrogens is 254 g/mol. The molecular formula is C15H19N3O2. The summed E-state index contributed by atoms with van der Waals surface area (Å²) in [7, 11) is 0. The van der Waals surface area contributed by atoms with Crippen LogP contribution in [0.1, 0.15) is 30.1 Å². The van der Waals surface area contributed by atoms with Gasteiger partial charge in [-0.3, -0.25) is 9.59 Å². The molecule has 2 rings (SSSR count). The zero-order valence-electron chi connectivity index (χ0n) is 11.6. The molecule has 5 heteroatoms. The average molecular weight is 273 g/mol. The van der Waals surface area contributed by atoms with Crippen molar-refractivity contribution in [3.8, 4) is 0 Å². The van der Waals surface area contributed by atoms with Crippen LogP contribution < -0.4 is 11.1 Å². The molecule has 0 radical (unpaired) electrons. The molecule has 1 heterocycles. The molecule has 0 fully saturated rings. The third-order valence-electron chi connectivity index (χ3n) is 3.26. The third-order valence-corrected chi connectivity index (χ3v) is 3.26. The number of nitrogens with one attached hydrogen (secondary N) is 1. The summed E-state index contributed by atoms with van der Waals surface area (Å²) in [6.45, 7) is 3.31. The van der Waals surface area contributed by atoms with Crippen molar-refractivity contribution in [2.75, 3.05) is 6.54 Å². The summed E-state index contributed by atoms with van der Waals surface area (Å²) in [5.41, 5.74) is 6.78. The predicted octanol–water partition coefficient (Wildman–Crippen LogP) is 1.66. The van der Waals surface area contributed by atoms with Crippen LogP contribution in [0, 0.1) is 0 Å². The quantitative estimate of drug-likeness (QED) is 0.785. The van der Waals surface area contributed by atoms with Gasteiger partial charge in [-0.05, 0) is 19.4 Å². The number of aromatic nitrogens is 1. The fourth-order valence-corrected chi connectivity index (χ4v) is 2.25. The van der Waals surface area contributed by atoms with E-state index in [1.807, 2.05) is 42.0 Å². The maximum absolute atomic E-state index is 12.2. The second-order valence-corrected chi connectivity index (χ2v) is 4.67. The molecule has 1 aromatic heterocycles. The van der Waals surface area contributed by atoms with E-state index in [-0.39, 0.29) is 18.2 Å². The number of fused-ring (bicyclic) bond motifs is 1. The van der Waals surface area contributed by atoms with Crippen LogP contribution in [0.25, 0.3) is 10.9 Å². The smallest absolute Gasteiger partial charge is 0.253 e. The highest BCUT2D eigenvalue weighted by atomic mass is 16.2. The Balaban J connectivity index is 2.12. The lowest BCUT2D eigenvalue weighted by Crippen LogP contribution is -2.25. The van der Waals surface area contributed by atoms with E-state index in [4.69, 9.17) is 5.73 Å². The first-order valence-corrected chi connectivity index (χ1v) is 6.78. The van der Waals surface area contributed by atoms with Crippen molar-refractivity contribution in [3.63, 3.8) is 0 Å². The van der Waals surface area contributed by atoms with Crippen LogP contribution in [0.15, 0.2) is 30.5 Å². The van der Waals surface area contributed by atoms with E-state index >= 15 is 0 Å². The summed E-state index contributed by atoms with van der Waals surface area (Å²) in [5, 5.41) is 3.77. The lowest BCUT2D eigenvalue weighted by molar-refractivity contribution is -0.118. The molecule has 0 unspecified atom stereocenters. The number of nitrogens with zero attached hydrogens (tertiary/aromatic N) is 1. The first-order valence-electron chi connectivity index (χ1n) is 6.78. The Morgan fingerprint density at radius 1 is 1.30 bits per heavy atom. The molecule has 0 saturated carbocycles. The molecule has 2 aromatic rings. The molecule has 5 nitrogen and oxygen atoms in total. The Morgan fingerprint density at radius 3 is 2.75 bits per heavy atom. The number of aryl methyl sites for hydroxylation is 1. The first-order chi connectivity index (χ1) is 9.63. The standard InChI is InChI=1S/C15H19N3O2/c1-2-18-10-12(11-6-3-4-7-13(11)18)15(20)17-9-5-8-14(16)19/h3-4,6-7,10H,2,5,8-9H2,1H3,(H2,16,19)(H,17,20). The maximum atomic E-state index is 12.2. The topological polar surface area (TPSA) is 77.1 Å². The molecule has 1 aromatic carbocycles. The van der Waals surface area contributed by atoms with Crippen molar-refractivity contribution in [1.82, 2.24) is 9.88 Å². The van der Waals surface area contributed by atoms with E-state index < -0.39 is 0 Å². The van der Waals surface area contributed by atoms with Crippen LogP contribution in [0.5, 0.6) is 0 Å². The highest BCUT2D eigenvalue weighted by Gasteiger charge is 2.13. The van der Waals surface area contributed by atoms with Gasteiger partial charge < -0.3 is 15.6 Å². The Labute approximate surface area is 117 Å². The van der Waals surface area contributed by atoms with Crippen molar-refractivity contribution in [2.24, 2.45) is 5.73 Å². The Hall–Kier alpha value is -2.30. The maximum Gasteiger partial charge on any atom is 0.253 e. The van der Waals surface area contributed by atoms with Gasteiger partial charge in [-0.1, -0.05) is 18.2 Å². The normalized spacial score (nSPS) is 10.7. The molecule has 0 atom stereocenters. The number of hydrogen-bond acceptors (Lipinski definition) is 2. The molecule has 2 amide bonds. The molecule has 106 valence electrons. The van der Waals surface area contributed by atoms with Gasteiger partial charge in [0.05, 0.1) is 5.56 Å². The van der Waals surface area contributed by atoms with Gasteiger partial charge in [-0.15, -0.1) is 0 Å². The first kappa shape index (κ1) is 14.1. The van der Waals surface area contributed by atoms with Crippen molar-refractivity contribution < 1.29 is 9.59 Å². The molecule has 0 aliphatic carbocycles. The van der Waals surface area contributed by atoms with Gasteiger partial charge in [-0.25, -0.2) is 0 Å². The van der Waals surface area contributed by atoms with Crippen LogP contribution >= 0.6 is 0 Å². The van der Waals surface area contributed by atoms with E-state index in [2.05, 4.69) is 5.32 Å². The minimum absolute atomic E-state index is 0.113. The monoisotopic (exact) mass is 273 g/mol. The van der Waals surface area contributed by atoms with Crippen LogP contribution in [0.2, 0.25) is 0 Å². The third kappa shape index (κ3) is 2.99. The van der Waals surface area contributed by atoms with Crippen LogP contribution in [0.3, 0.4) is 0 Å². The largest absolute Gasteiger partial charge is 0.370 e. The number of para-hydroxylation sites is 1. The molecule has 0 aliphatic rings. The Bertz CT molecular complexity index is 631. The number of benzene rings is 1. The van der Waals surface area contributed by atoms with E-state index in [1.54, 1.807) is 0 Å². The van der Waals surface area contributed by atoms with E-state index in [1.165, 1.54) is 0 Å². The van der Waals surface area contributed by atoms with Crippen LogP contribution in [-0.2, 0) is 11.3 Å². The van der Waals surface area contributed by atoms with Gasteiger partial charge in [0.1, 0.15) is 0 Å². The SMILES string of the molecule is CCn1cc(C(=O)NCCCC(N)=O)c2ccccc21. The average Bonchev–Trinajstić information content (AvgIpc) is 2.82. The highest BCUT2D eigenvalue weighted by molar-refractivity contribution is 6.07. The minimum atomic E-state index is -0.346. The summed E-state index contributed by atoms with van der Waals surface area (Å²) in [6.07, 6.45) is 2.72. The highest BCUT2D eigenvalue weighted by Crippen LogP contribution is 2.21. The van der Waals surface area contributed by atoms with Gasteiger partial charge in [-0.2, -0.15) is 0 Å². The molecule has 0 bridgehead atoms. The number of hydrogen-bond donors (Lipinski definition) is 2. The van der Waals surface area contributed by atoms with Crippen molar-refractivity contribution in [1.29, 1.82) is 0 Å². The van der Waals surface area contributed by atoms with Gasteiger partial charge in [0.2, 0.25) is 5.91 Å². The number of carbonyl (C=O) groups excluding carboxylic acids is 2.